The molecular weight excluding hydrogens is 563 g/mol. The van der Waals surface area contributed by atoms with Crippen molar-refractivity contribution in [3.8, 4) is 0 Å². The van der Waals surface area contributed by atoms with Gasteiger partial charge < -0.3 is 10.2 Å². The van der Waals surface area contributed by atoms with Crippen molar-refractivity contribution in [2.45, 2.75) is 24.4 Å². The first-order chi connectivity index (χ1) is 19.3. The summed E-state index contributed by atoms with van der Waals surface area (Å²) in [6, 6.07) is 22.0. The van der Waals surface area contributed by atoms with Gasteiger partial charge in [-0.25, -0.2) is 0 Å². The highest BCUT2D eigenvalue weighted by Crippen LogP contribution is 2.59. The average Bonchev–Trinajstić information content (AvgIpc) is 3.65. The van der Waals surface area contributed by atoms with Crippen LogP contribution in [0.4, 0.5) is 11.4 Å². The number of hydrogen-bond donors (Lipinski definition) is 1. The Kier molecular flexibility index (Phi) is 5.79. The maximum absolute atomic E-state index is 14.8. The molecule has 1 spiro atoms. The molecule has 1 aromatic heterocycles. The van der Waals surface area contributed by atoms with Crippen molar-refractivity contribution < 1.29 is 14.4 Å². The first-order valence-electron chi connectivity index (χ1n) is 12.9. The fourth-order valence-corrected chi connectivity index (χ4v) is 8.01. The molecule has 198 valence electrons. The molecule has 0 saturated carbocycles. The number of benzene rings is 3. The number of allylic oxidation sites excluding steroid dienone is 1. The Balaban J connectivity index is 1.57. The predicted octanol–water partition coefficient (Wildman–Crippen LogP) is 7.30. The van der Waals surface area contributed by atoms with Crippen LogP contribution in [0.15, 0.2) is 90.3 Å². The lowest BCUT2D eigenvalue weighted by molar-refractivity contribution is -0.121. The molecule has 4 aromatic rings. The number of Topliss-reactive ketones (excluding diaryl/α,β-unsaturated/α-hetero) is 2. The Bertz CT molecular complexity index is 1770. The lowest BCUT2D eigenvalue weighted by atomic mass is 9.64. The van der Waals surface area contributed by atoms with Crippen LogP contribution in [0.3, 0.4) is 0 Å². The Morgan fingerprint density at radius 1 is 0.950 bits per heavy atom. The predicted molar refractivity (Wildman–Crippen MR) is 160 cm³/mol. The number of para-hydroxylation sites is 2. The minimum absolute atomic E-state index is 0.179. The van der Waals surface area contributed by atoms with Crippen molar-refractivity contribution in [2.75, 3.05) is 10.2 Å². The van der Waals surface area contributed by atoms with E-state index in [1.54, 1.807) is 18.2 Å². The van der Waals surface area contributed by atoms with Crippen LogP contribution in [0.25, 0.3) is 5.57 Å². The van der Waals surface area contributed by atoms with Gasteiger partial charge in [-0.05, 0) is 59.8 Å². The van der Waals surface area contributed by atoms with Gasteiger partial charge in [0.25, 0.3) is 0 Å². The summed E-state index contributed by atoms with van der Waals surface area (Å²) in [5, 5.41) is 5.46. The average molecular weight is 586 g/mol. The van der Waals surface area contributed by atoms with Crippen LogP contribution < -0.4 is 10.2 Å². The second kappa shape index (κ2) is 9.16. The van der Waals surface area contributed by atoms with E-state index in [4.69, 9.17) is 23.2 Å². The minimum Gasteiger partial charge on any atom is -0.352 e. The molecule has 4 atom stereocenters. The van der Waals surface area contributed by atoms with E-state index in [-0.39, 0.29) is 28.1 Å². The Labute approximate surface area is 245 Å². The van der Waals surface area contributed by atoms with E-state index in [1.807, 2.05) is 77.9 Å². The van der Waals surface area contributed by atoms with E-state index in [0.29, 0.717) is 21.2 Å². The van der Waals surface area contributed by atoms with Gasteiger partial charge in [-0.3, -0.25) is 14.4 Å². The topological polar surface area (TPSA) is 66.5 Å². The van der Waals surface area contributed by atoms with Crippen molar-refractivity contribution >= 4 is 69.0 Å². The number of rotatable bonds is 4. The number of nitrogens with one attached hydrogen (secondary N) is 1. The van der Waals surface area contributed by atoms with E-state index >= 15 is 0 Å². The number of thiophene rings is 1. The second-order valence-electron chi connectivity index (χ2n) is 10.3. The summed E-state index contributed by atoms with van der Waals surface area (Å²) in [4.78, 5) is 46.2. The van der Waals surface area contributed by atoms with Gasteiger partial charge >= 0.3 is 0 Å². The fourth-order valence-electron chi connectivity index (χ4n) is 6.81. The molecular formula is C32H22Cl2N2O3S. The third-order valence-electron chi connectivity index (χ3n) is 8.40. The molecule has 0 bridgehead atoms. The van der Waals surface area contributed by atoms with Crippen LogP contribution in [-0.4, -0.2) is 29.6 Å². The number of carbonyl (C=O) groups is 3. The monoisotopic (exact) mass is 584 g/mol. The molecule has 8 heteroatoms. The molecule has 7 rings (SSSR count). The Morgan fingerprint density at radius 3 is 2.50 bits per heavy atom. The SMILES string of the molecule is CC1=C[C@H]2N(c3ccccc31)[C@@H](C(=O)c1cccs1)[C@@H](C(=O)c1ccc(Cl)cc1Cl)[C@@]21C(=O)Nc2ccccc21. The number of carbonyl (C=O) groups excluding carboxylic acids is 3. The standard InChI is InChI=1S/C32H22Cl2N2O3S/c1-17-15-26-32(21-8-3-4-9-23(21)35-31(32)39)27(29(37)20-13-12-18(33)16-22(20)34)28(30(38)25-11-6-14-40-25)36(26)24-10-5-2-7-19(17)24/h2-16,26-28H,1H3,(H,35,39)/t26-,27+,28-,32+/m1/s1. The number of anilines is 2. The zero-order valence-corrected chi connectivity index (χ0v) is 23.6. The highest BCUT2D eigenvalue weighted by Gasteiger charge is 2.70. The largest absolute Gasteiger partial charge is 0.352 e. The third kappa shape index (κ3) is 3.36. The Morgan fingerprint density at radius 2 is 1.73 bits per heavy atom. The number of amides is 1. The van der Waals surface area contributed by atoms with E-state index in [1.165, 1.54) is 17.4 Å². The minimum atomic E-state index is -1.39. The first-order valence-corrected chi connectivity index (χ1v) is 14.5. The van der Waals surface area contributed by atoms with E-state index in [2.05, 4.69) is 5.32 Å². The summed E-state index contributed by atoms with van der Waals surface area (Å²) < 4.78 is 0. The molecule has 3 aliphatic heterocycles. The van der Waals surface area contributed by atoms with Gasteiger partial charge in [-0.2, -0.15) is 0 Å². The number of fused-ring (bicyclic) bond motifs is 6. The van der Waals surface area contributed by atoms with Crippen LogP contribution in [0.5, 0.6) is 0 Å². The highest BCUT2D eigenvalue weighted by atomic mass is 35.5. The van der Waals surface area contributed by atoms with Crippen LogP contribution in [0.1, 0.15) is 38.1 Å². The molecule has 0 aliphatic carbocycles. The quantitative estimate of drug-likeness (QED) is 0.255. The molecule has 1 saturated heterocycles. The number of hydrogen-bond acceptors (Lipinski definition) is 5. The molecule has 0 radical (unpaired) electrons. The maximum atomic E-state index is 14.8. The summed E-state index contributed by atoms with van der Waals surface area (Å²) in [6.07, 6.45) is 2.04. The third-order valence-corrected chi connectivity index (χ3v) is 9.83. The van der Waals surface area contributed by atoms with Gasteiger partial charge in [0.15, 0.2) is 11.6 Å². The second-order valence-corrected chi connectivity index (χ2v) is 12.1. The molecule has 0 unspecified atom stereocenters. The Hall–Kier alpha value is -3.71. The summed E-state index contributed by atoms with van der Waals surface area (Å²) in [6.45, 7) is 2.00. The molecule has 1 amide bonds. The molecule has 3 aromatic carbocycles. The van der Waals surface area contributed by atoms with Crippen LogP contribution >= 0.6 is 34.5 Å². The van der Waals surface area contributed by atoms with Crippen LogP contribution in [0, 0.1) is 5.92 Å². The van der Waals surface area contributed by atoms with Gasteiger partial charge in [0, 0.05) is 27.5 Å². The first kappa shape index (κ1) is 25.3. The maximum Gasteiger partial charge on any atom is 0.238 e. The van der Waals surface area contributed by atoms with Crippen molar-refractivity contribution in [1.29, 1.82) is 0 Å². The number of halogens is 2. The molecule has 5 nitrogen and oxygen atoms in total. The van der Waals surface area contributed by atoms with Crippen molar-refractivity contribution in [1.82, 2.24) is 0 Å². The van der Waals surface area contributed by atoms with E-state index in [0.717, 1.165) is 16.8 Å². The number of ketones is 2. The summed E-state index contributed by atoms with van der Waals surface area (Å²) in [5.74, 6) is -1.97. The summed E-state index contributed by atoms with van der Waals surface area (Å²) >= 11 is 14.1. The molecule has 1 fully saturated rings. The summed E-state index contributed by atoms with van der Waals surface area (Å²) in [5.41, 5.74) is 2.94. The van der Waals surface area contributed by atoms with E-state index < -0.39 is 23.4 Å². The molecule has 1 N–H and O–H groups in total. The lowest BCUT2D eigenvalue weighted by Crippen LogP contribution is -2.51. The molecule has 3 aliphatic rings. The van der Waals surface area contributed by atoms with Gasteiger partial charge in [0.1, 0.15) is 11.5 Å². The van der Waals surface area contributed by atoms with Gasteiger partial charge in [-0.15, -0.1) is 11.3 Å². The lowest BCUT2D eigenvalue weighted by Gasteiger charge is -2.39. The summed E-state index contributed by atoms with van der Waals surface area (Å²) in [7, 11) is 0. The number of nitrogens with zero attached hydrogens (tertiary/aromatic N) is 1. The van der Waals surface area contributed by atoms with Gasteiger partial charge in [0.05, 0.1) is 21.9 Å². The molecule has 4 heterocycles. The van der Waals surface area contributed by atoms with Crippen LogP contribution in [0.2, 0.25) is 10.0 Å². The van der Waals surface area contributed by atoms with Gasteiger partial charge in [-0.1, -0.05) is 71.7 Å². The zero-order valence-electron chi connectivity index (χ0n) is 21.2. The molecule has 40 heavy (non-hydrogen) atoms. The normalized spacial score (nSPS) is 24.3. The van der Waals surface area contributed by atoms with E-state index in [9.17, 15) is 14.4 Å². The van der Waals surface area contributed by atoms with Crippen LogP contribution in [-0.2, 0) is 10.2 Å². The van der Waals surface area contributed by atoms with Crippen molar-refractivity contribution in [3.05, 3.63) is 122 Å². The van der Waals surface area contributed by atoms with Gasteiger partial charge in [0.2, 0.25) is 5.91 Å². The van der Waals surface area contributed by atoms with Crippen molar-refractivity contribution in [2.24, 2.45) is 5.92 Å². The highest BCUT2D eigenvalue weighted by molar-refractivity contribution is 7.12. The van der Waals surface area contributed by atoms with Crippen molar-refractivity contribution in [3.63, 3.8) is 0 Å². The zero-order chi connectivity index (χ0) is 27.8. The fraction of sp³-hybridized carbons (Fsp3) is 0.156. The smallest absolute Gasteiger partial charge is 0.238 e.